The molecule has 0 saturated heterocycles. The Bertz CT molecular complexity index is 403. The Kier molecular flexibility index (Phi) is 4.36. The number of hydrogen-bond donors (Lipinski definition) is 1. The molecular weight excluding hydrogens is 229 g/mol. The van der Waals surface area contributed by atoms with Gasteiger partial charge in [0.05, 0.1) is 12.1 Å². The minimum Gasteiger partial charge on any atom is -0.379 e. The minimum absolute atomic E-state index is 0.0487. The molecule has 1 aliphatic carbocycles. The number of nitrogens with one attached hydrogen (secondary N) is 1. The van der Waals surface area contributed by atoms with E-state index < -0.39 is 0 Å². The van der Waals surface area contributed by atoms with Gasteiger partial charge in [-0.1, -0.05) is 24.6 Å². The molecule has 100 valence electrons. The number of ether oxygens (including phenoxy) is 1. The second-order valence-electron chi connectivity index (χ2n) is 5.10. The minimum atomic E-state index is -0.144. The van der Waals surface area contributed by atoms with E-state index >= 15 is 0 Å². The van der Waals surface area contributed by atoms with E-state index in [1.54, 1.807) is 19.2 Å². The maximum absolute atomic E-state index is 14.0. The maximum atomic E-state index is 14.0. The van der Waals surface area contributed by atoms with Crippen molar-refractivity contribution in [2.24, 2.45) is 5.92 Å². The van der Waals surface area contributed by atoms with Crippen LogP contribution >= 0.6 is 0 Å². The SMILES string of the molecule is CCNC(c1cc(C)ccc1F)C(OC)C1CC1. The third-order valence-corrected chi connectivity index (χ3v) is 3.60. The van der Waals surface area contributed by atoms with Crippen LogP contribution < -0.4 is 5.32 Å². The Morgan fingerprint density at radius 3 is 2.72 bits per heavy atom. The van der Waals surface area contributed by atoms with Gasteiger partial charge in [0.25, 0.3) is 0 Å². The van der Waals surface area contributed by atoms with Gasteiger partial charge in [-0.3, -0.25) is 0 Å². The first-order chi connectivity index (χ1) is 8.67. The number of likely N-dealkylation sites (N-methyl/N-ethyl adjacent to an activating group) is 1. The highest BCUT2D eigenvalue weighted by molar-refractivity contribution is 5.28. The average Bonchev–Trinajstić information content (AvgIpc) is 3.17. The first-order valence-corrected chi connectivity index (χ1v) is 6.69. The van der Waals surface area contributed by atoms with Gasteiger partial charge in [0, 0.05) is 12.7 Å². The van der Waals surface area contributed by atoms with E-state index in [1.165, 1.54) is 12.8 Å². The van der Waals surface area contributed by atoms with Crippen molar-refractivity contribution in [1.29, 1.82) is 0 Å². The van der Waals surface area contributed by atoms with Crippen molar-refractivity contribution in [1.82, 2.24) is 5.32 Å². The highest BCUT2D eigenvalue weighted by Crippen LogP contribution is 2.40. The summed E-state index contributed by atoms with van der Waals surface area (Å²) in [6.45, 7) is 4.84. The van der Waals surface area contributed by atoms with Crippen LogP contribution in [0.2, 0.25) is 0 Å². The molecule has 0 spiro atoms. The third kappa shape index (κ3) is 2.90. The molecule has 0 aliphatic heterocycles. The highest BCUT2D eigenvalue weighted by Gasteiger charge is 2.38. The molecule has 0 heterocycles. The second kappa shape index (κ2) is 5.81. The number of methoxy groups -OCH3 is 1. The molecule has 1 N–H and O–H groups in total. The summed E-state index contributed by atoms with van der Waals surface area (Å²) in [5.41, 5.74) is 1.82. The van der Waals surface area contributed by atoms with Gasteiger partial charge >= 0.3 is 0 Å². The summed E-state index contributed by atoms with van der Waals surface area (Å²) in [5.74, 6) is 0.424. The molecule has 1 aromatic rings. The van der Waals surface area contributed by atoms with Crippen molar-refractivity contribution in [3.8, 4) is 0 Å². The predicted octanol–water partition coefficient (Wildman–Crippen LogP) is 3.21. The van der Waals surface area contributed by atoms with E-state index in [4.69, 9.17) is 4.74 Å². The van der Waals surface area contributed by atoms with Crippen LogP contribution in [-0.4, -0.2) is 19.8 Å². The second-order valence-corrected chi connectivity index (χ2v) is 5.10. The van der Waals surface area contributed by atoms with Gasteiger partial charge in [0.2, 0.25) is 0 Å². The molecule has 2 atom stereocenters. The van der Waals surface area contributed by atoms with E-state index in [-0.39, 0.29) is 18.0 Å². The molecular formula is C15H22FNO. The molecule has 1 aliphatic rings. The standard InChI is InChI=1S/C15H22FNO/c1-4-17-14(15(18-3)11-6-7-11)12-9-10(2)5-8-13(12)16/h5,8-9,11,14-15,17H,4,6-7H2,1-3H3. The van der Waals surface area contributed by atoms with Crippen LogP contribution in [0, 0.1) is 18.7 Å². The number of benzene rings is 1. The van der Waals surface area contributed by atoms with Crippen LogP contribution in [0.15, 0.2) is 18.2 Å². The summed E-state index contributed by atoms with van der Waals surface area (Å²) in [6.07, 6.45) is 2.45. The van der Waals surface area contributed by atoms with Gasteiger partial charge in [-0.2, -0.15) is 0 Å². The summed E-state index contributed by atoms with van der Waals surface area (Å²) in [5, 5.41) is 3.37. The van der Waals surface area contributed by atoms with Gasteiger partial charge in [-0.25, -0.2) is 4.39 Å². The summed E-state index contributed by atoms with van der Waals surface area (Å²) in [7, 11) is 1.72. The van der Waals surface area contributed by atoms with Crippen molar-refractivity contribution in [3.63, 3.8) is 0 Å². The van der Waals surface area contributed by atoms with Gasteiger partial charge in [0.15, 0.2) is 0 Å². The highest BCUT2D eigenvalue weighted by atomic mass is 19.1. The van der Waals surface area contributed by atoms with Crippen molar-refractivity contribution in [2.75, 3.05) is 13.7 Å². The molecule has 3 heteroatoms. The van der Waals surface area contributed by atoms with Gasteiger partial charge in [-0.15, -0.1) is 0 Å². The van der Waals surface area contributed by atoms with Crippen LogP contribution in [0.3, 0.4) is 0 Å². The molecule has 1 aromatic carbocycles. The van der Waals surface area contributed by atoms with E-state index in [0.29, 0.717) is 5.92 Å². The van der Waals surface area contributed by atoms with Gasteiger partial charge in [0.1, 0.15) is 5.82 Å². The van der Waals surface area contributed by atoms with Crippen molar-refractivity contribution in [2.45, 2.75) is 38.8 Å². The Morgan fingerprint density at radius 1 is 1.44 bits per heavy atom. The fourth-order valence-electron chi connectivity index (χ4n) is 2.55. The van der Waals surface area contributed by atoms with E-state index in [1.807, 2.05) is 19.9 Å². The molecule has 18 heavy (non-hydrogen) atoms. The van der Waals surface area contributed by atoms with Crippen LogP contribution in [-0.2, 0) is 4.74 Å². The van der Waals surface area contributed by atoms with Crippen LogP contribution in [0.25, 0.3) is 0 Å². The first-order valence-electron chi connectivity index (χ1n) is 6.69. The number of hydrogen-bond acceptors (Lipinski definition) is 2. The first kappa shape index (κ1) is 13.5. The predicted molar refractivity (Wildman–Crippen MR) is 71.1 cm³/mol. The van der Waals surface area contributed by atoms with Crippen LogP contribution in [0.5, 0.6) is 0 Å². The number of halogens is 1. The maximum Gasteiger partial charge on any atom is 0.128 e. The normalized spacial score (nSPS) is 18.7. The zero-order chi connectivity index (χ0) is 13.1. The summed E-state index contributed by atoms with van der Waals surface area (Å²) >= 11 is 0. The largest absolute Gasteiger partial charge is 0.379 e. The quantitative estimate of drug-likeness (QED) is 0.838. The lowest BCUT2D eigenvalue weighted by Gasteiger charge is -2.27. The molecule has 1 fully saturated rings. The lowest BCUT2D eigenvalue weighted by molar-refractivity contribution is 0.0501. The fourth-order valence-corrected chi connectivity index (χ4v) is 2.55. The third-order valence-electron chi connectivity index (χ3n) is 3.60. The Hall–Kier alpha value is -0.930. The van der Waals surface area contributed by atoms with Crippen LogP contribution in [0.4, 0.5) is 4.39 Å². The van der Waals surface area contributed by atoms with Gasteiger partial charge < -0.3 is 10.1 Å². The molecule has 2 unspecified atom stereocenters. The fraction of sp³-hybridized carbons (Fsp3) is 0.600. The lowest BCUT2D eigenvalue weighted by Crippen LogP contribution is -2.35. The summed E-state index contributed by atoms with van der Waals surface area (Å²) in [6, 6.07) is 5.24. The smallest absolute Gasteiger partial charge is 0.128 e. The van der Waals surface area contributed by atoms with E-state index in [9.17, 15) is 4.39 Å². The summed E-state index contributed by atoms with van der Waals surface area (Å²) in [4.78, 5) is 0. The Labute approximate surface area is 109 Å². The number of rotatable bonds is 6. The van der Waals surface area contributed by atoms with Crippen molar-refractivity contribution >= 4 is 0 Å². The molecule has 2 rings (SSSR count). The van der Waals surface area contributed by atoms with Crippen LogP contribution in [0.1, 0.15) is 36.9 Å². The molecule has 0 aromatic heterocycles. The average molecular weight is 251 g/mol. The Balaban J connectivity index is 2.30. The summed E-state index contributed by atoms with van der Waals surface area (Å²) < 4.78 is 19.6. The van der Waals surface area contributed by atoms with E-state index in [2.05, 4.69) is 5.32 Å². The number of aryl methyl sites for hydroxylation is 1. The molecule has 0 amide bonds. The zero-order valence-electron chi connectivity index (χ0n) is 11.4. The molecule has 0 radical (unpaired) electrons. The molecule has 2 nitrogen and oxygen atoms in total. The molecule has 0 bridgehead atoms. The van der Waals surface area contributed by atoms with Crippen molar-refractivity contribution in [3.05, 3.63) is 35.1 Å². The Morgan fingerprint density at radius 2 is 2.17 bits per heavy atom. The van der Waals surface area contributed by atoms with Crippen molar-refractivity contribution < 1.29 is 9.13 Å². The monoisotopic (exact) mass is 251 g/mol. The molecule has 1 saturated carbocycles. The topological polar surface area (TPSA) is 21.3 Å². The van der Waals surface area contributed by atoms with Gasteiger partial charge in [-0.05, 0) is 38.3 Å². The van der Waals surface area contributed by atoms with E-state index in [0.717, 1.165) is 17.7 Å². The zero-order valence-corrected chi connectivity index (χ0v) is 11.4. The lowest BCUT2D eigenvalue weighted by atomic mass is 9.96.